The molecule has 84 valence electrons. The maximum Gasteiger partial charge on any atom is 0.0856 e. The number of nitrogens with zero attached hydrogens (tertiary/aromatic N) is 1. The van der Waals surface area contributed by atoms with Crippen LogP contribution in [0.4, 0.5) is 0 Å². The maximum absolute atomic E-state index is 6.16. The topological polar surface area (TPSA) is 38.5 Å². The van der Waals surface area contributed by atoms with Crippen LogP contribution in [0.1, 0.15) is 4.88 Å². The molecule has 2 rings (SSSR count). The van der Waals surface area contributed by atoms with E-state index in [0.29, 0.717) is 0 Å². The molecule has 2 heterocycles. The predicted molar refractivity (Wildman–Crippen MR) is 63.2 cm³/mol. The zero-order valence-corrected chi connectivity index (χ0v) is 9.87. The summed E-state index contributed by atoms with van der Waals surface area (Å²) in [6, 6.07) is 4.32. The minimum absolute atomic E-state index is 0.117. The molecule has 3 nitrogen and oxygen atoms in total. The first-order valence-electron chi connectivity index (χ1n) is 5.34. The molecule has 1 aliphatic heterocycles. The summed E-state index contributed by atoms with van der Waals surface area (Å²) in [5.41, 5.74) is 6.16. The molecule has 2 atom stereocenters. The number of rotatable bonds is 3. The van der Waals surface area contributed by atoms with Gasteiger partial charge in [0.05, 0.1) is 12.7 Å². The monoisotopic (exact) mass is 226 g/mol. The largest absolute Gasteiger partial charge is 0.374 e. The summed E-state index contributed by atoms with van der Waals surface area (Å²) in [6.45, 7) is 2.77. The summed E-state index contributed by atoms with van der Waals surface area (Å²) >= 11 is 1.77. The van der Waals surface area contributed by atoms with Gasteiger partial charge in [-0.1, -0.05) is 6.07 Å². The average Bonchev–Trinajstić information content (AvgIpc) is 2.70. The van der Waals surface area contributed by atoms with Crippen molar-refractivity contribution in [2.75, 3.05) is 26.7 Å². The van der Waals surface area contributed by atoms with Gasteiger partial charge in [0.15, 0.2) is 0 Å². The van der Waals surface area contributed by atoms with Crippen molar-refractivity contribution in [1.82, 2.24) is 4.90 Å². The first-order chi connectivity index (χ1) is 7.25. The highest BCUT2D eigenvalue weighted by Crippen LogP contribution is 2.14. The summed E-state index contributed by atoms with van der Waals surface area (Å²) in [7, 11) is 2.12. The standard InChI is InChI=1S/C11H18N2OS/c1-13-4-5-14-11(8-13)10(12)7-9-3-2-6-15-9/h2-3,6,10-11H,4-5,7-8,12H2,1H3. The van der Waals surface area contributed by atoms with Crippen molar-refractivity contribution in [2.45, 2.75) is 18.6 Å². The summed E-state index contributed by atoms with van der Waals surface area (Å²) in [5.74, 6) is 0. The van der Waals surface area contributed by atoms with E-state index in [0.717, 1.165) is 26.1 Å². The molecule has 0 bridgehead atoms. The number of hydrogen-bond acceptors (Lipinski definition) is 4. The second-order valence-corrected chi connectivity index (χ2v) is 5.15. The third-order valence-electron chi connectivity index (χ3n) is 2.79. The number of thiophene rings is 1. The Morgan fingerprint density at radius 2 is 2.60 bits per heavy atom. The smallest absolute Gasteiger partial charge is 0.0856 e. The van der Waals surface area contributed by atoms with Gasteiger partial charge in [-0.25, -0.2) is 0 Å². The van der Waals surface area contributed by atoms with Gasteiger partial charge in [0.25, 0.3) is 0 Å². The molecule has 0 saturated carbocycles. The SMILES string of the molecule is CN1CCOC(C(N)Cc2cccs2)C1. The lowest BCUT2D eigenvalue weighted by Gasteiger charge is -2.33. The fraction of sp³-hybridized carbons (Fsp3) is 0.636. The van der Waals surface area contributed by atoms with Gasteiger partial charge in [-0.05, 0) is 24.9 Å². The molecule has 1 fully saturated rings. The molecule has 1 aromatic heterocycles. The van der Waals surface area contributed by atoms with Crippen molar-refractivity contribution >= 4 is 11.3 Å². The second kappa shape index (κ2) is 5.07. The van der Waals surface area contributed by atoms with Gasteiger partial charge in [0, 0.05) is 24.0 Å². The van der Waals surface area contributed by atoms with Crippen LogP contribution in [0, 0.1) is 0 Å². The number of likely N-dealkylation sites (N-methyl/N-ethyl adjacent to an activating group) is 1. The first kappa shape index (κ1) is 11.1. The Hall–Kier alpha value is -0.420. The Balaban J connectivity index is 1.87. The highest BCUT2D eigenvalue weighted by Gasteiger charge is 2.24. The average molecular weight is 226 g/mol. The Morgan fingerprint density at radius 1 is 1.73 bits per heavy atom. The van der Waals surface area contributed by atoms with Crippen molar-refractivity contribution in [2.24, 2.45) is 5.73 Å². The Morgan fingerprint density at radius 3 is 3.27 bits per heavy atom. The molecule has 0 amide bonds. The molecule has 0 spiro atoms. The van der Waals surface area contributed by atoms with Crippen LogP contribution >= 0.6 is 11.3 Å². The van der Waals surface area contributed by atoms with Crippen LogP contribution < -0.4 is 5.73 Å². The van der Waals surface area contributed by atoms with Crippen LogP contribution in [0.5, 0.6) is 0 Å². The third kappa shape index (κ3) is 3.01. The van der Waals surface area contributed by atoms with Gasteiger partial charge in [0.2, 0.25) is 0 Å². The zero-order valence-electron chi connectivity index (χ0n) is 9.06. The molecule has 15 heavy (non-hydrogen) atoms. The Labute approximate surface area is 94.8 Å². The lowest BCUT2D eigenvalue weighted by Crippen LogP contribution is -2.50. The van der Waals surface area contributed by atoms with E-state index in [1.165, 1.54) is 4.88 Å². The van der Waals surface area contributed by atoms with Gasteiger partial charge < -0.3 is 15.4 Å². The molecule has 4 heteroatoms. The van der Waals surface area contributed by atoms with E-state index in [-0.39, 0.29) is 12.1 Å². The highest BCUT2D eigenvalue weighted by molar-refractivity contribution is 7.09. The molecule has 2 N–H and O–H groups in total. The molecule has 1 aliphatic rings. The van der Waals surface area contributed by atoms with Gasteiger partial charge in [-0.2, -0.15) is 0 Å². The van der Waals surface area contributed by atoms with Crippen LogP contribution in [-0.4, -0.2) is 43.8 Å². The normalized spacial score (nSPS) is 25.3. The summed E-state index contributed by atoms with van der Waals surface area (Å²) in [5, 5.41) is 2.09. The molecule has 0 aromatic carbocycles. The van der Waals surface area contributed by atoms with E-state index >= 15 is 0 Å². The number of morpholine rings is 1. The van der Waals surface area contributed by atoms with E-state index in [4.69, 9.17) is 10.5 Å². The zero-order chi connectivity index (χ0) is 10.7. The quantitative estimate of drug-likeness (QED) is 0.834. The van der Waals surface area contributed by atoms with Crippen LogP contribution in [0.25, 0.3) is 0 Å². The number of ether oxygens (including phenoxy) is 1. The van der Waals surface area contributed by atoms with Crippen molar-refractivity contribution in [3.8, 4) is 0 Å². The molecule has 1 saturated heterocycles. The van der Waals surface area contributed by atoms with E-state index in [1.54, 1.807) is 11.3 Å². The van der Waals surface area contributed by atoms with E-state index in [1.807, 2.05) is 0 Å². The van der Waals surface area contributed by atoms with Gasteiger partial charge in [-0.3, -0.25) is 0 Å². The molecule has 0 radical (unpaired) electrons. The van der Waals surface area contributed by atoms with Crippen LogP contribution in [0.15, 0.2) is 17.5 Å². The third-order valence-corrected chi connectivity index (χ3v) is 3.69. The lowest BCUT2D eigenvalue weighted by atomic mass is 10.1. The Kier molecular flexibility index (Phi) is 3.75. The van der Waals surface area contributed by atoms with Gasteiger partial charge in [0.1, 0.15) is 0 Å². The summed E-state index contributed by atoms with van der Waals surface area (Å²) < 4.78 is 5.70. The van der Waals surface area contributed by atoms with Gasteiger partial charge in [-0.15, -0.1) is 11.3 Å². The Bertz CT molecular complexity index is 289. The van der Waals surface area contributed by atoms with Crippen LogP contribution in [0.2, 0.25) is 0 Å². The fourth-order valence-electron chi connectivity index (χ4n) is 1.86. The van der Waals surface area contributed by atoms with Crippen molar-refractivity contribution < 1.29 is 4.74 Å². The molecule has 2 unspecified atom stereocenters. The van der Waals surface area contributed by atoms with E-state index in [2.05, 4.69) is 29.5 Å². The molecular weight excluding hydrogens is 208 g/mol. The first-order valence-corrected chi connectivity index (χ1v) is 6.22. The van der Waals surface area contributed by atoms with E-state index < -0.39 is 0 Å². The van der Waals surface area contributed by atoms with E-state index in [9.17, 15) is 0 Å². The lowest BCUT2D eigenvalue weighted by molar-refractivity contribution is -0.0318. The highest BCUT2D eigenvalue weighted by atomic mass is 32.1. The number of nitrogens with two attached hydrogens (primary N) is 1. The maximum atomic E-state index is 6.16. The van der Waals surface area contributed by atoms with Crippen molar-refractivity contribution in [3.05, 3.63) is 22.4 Å². The minimum atomic E-state index is 0.117. The fourth-order valence-corrected chi connectivity index (χ4v) is 2.64. The number of hydrogen-bond donors (Lipinski definition) is 1. The van der Waals surface area contributed by atoms with Gasteiger partial charge >= 0.3 is 0 Å². The van der Waals surface area contributed by atoms with Crippen LogP contribution in [-0.2, 0) is 11.2 Å². The predicted octanol–water partition coefficient (Wildman–Crippen LogP) is 0.949. The van der Waals surface area contributed by atoms with Crippen molar-refractivity contribution in [1.29, 1.82) is 0 Å². The summed E-state index contributed by atoms with van der Waals surface area (Å²) in [4.78, 5) is 3.63. The molecule has 0 aliphatic carbocycles. The van der Waals surface area contributed by atoms with Crippen molar-refractivity contribution in [3.63, 3.8) is 0 Å². The molecular formula is C11H18N2OS. The van der Waals surface area contributed by atoms with Crippen LogP contribution in [0.3, 0.4) is 0 Å². The summed E-state index contributed by atoms with van der Waals surface area (Å²) in [6.07, 6.45) is 1.11. The minimum Gasteiger partial charge on any atom is -0.374 e. The second-order valence-electron chi connectivity index (χ2n) is 4.12. The molecule has 1 aromatic rings.